The highest BCUT2D eigenvalue weighted by Crippen LogP contribution is 2.38. The Bertz CT molecular complexity index is 937. The summed E-state index contributed by atoms with van der Waals surface area (Å²) in [5.41, 5.74) is 1.67. The summed E-state index contributed by atoms with van der Waals surface area (Å²) >= 11 is 6.32. The summed E-state index contributed by atoms with van der Waals surface area (Å²) in [4.78, 5) is 15.5. The van der Waals surface area contributed by atoms with E-state index in [9.17, 15) is 9.90 Å². The molecule has 160 valence electrons. The Hall–Kier alpha value is -2.08. The van der Waals surface area contributed by atoms with Crippen LogP contribution in [-0.2, 0) is 12.0 Å². The number of carbonyl (C=O) groups excluding carboxylic acids is 1. The van der Waals surface area contributed by atoms with Gasteiger partial charge in [-0.3, -0.25) is 4.79 Å². The van der Waals surface area contributed by atoms with Gasteiger partial charge in [-0.25, -0.2) is 0 Å². The van der Waals surface area contributed by atoms with Crippen LogP contribution in [0.1, 0.15) is 40.7 Å². The fourth-order valence-electron chi connectivity index (χ4n) is 4.74. The minimum Gasteiger partial charge on any atom is -0.493 e. The van der Waals surface area contributed by atoms with Crippen LogP contribution >= 0.6 is 11.6 Å². The van der Waals surface area contributed by atoms with Crippen LogP contribution in [0.25, 0.3) is 0 Å². The lowest BCUT2D eigenvalue weighted by Crippen LogP contribution is -2.45. The zero-order valence-corrected chi connectivity index (χ0v) is 18.2. The van der Waals surface area contributed by atoms with Crippen molar-refractivity contribution in [1.29, 1.82) is 0 Å². The number of piperidine rings is 1. The standard InChI is InChI=1S/C24H28ClNO4/c1-29-21-13-16-7-8-17(23(27)18(16)14-22(21)30-2)15-26-11-9-24(28,10-12-26)19-5-3-4-6-20(19)25/h3-6,13-14,17,28H,7-12,15H2,1-2H3. The molecule has 1 aliphatic carbocycles. The highest BCUT2D eigenvalue weighted by atomic mass is 35.5. The number of fused-ring (bicyclic) bond motifs is 1. The molecular formula is C24H28ClNO4. The van der Waals surface area contributed by atoms with Crippen LogP contribution in [0, 0.1) is 5.92 Å². The zero-order chi connectivity index (χ0) is 21.3. The second kappa shape index (κ2) is 8.58. The van der Waals surface area contributed by atoms with Gasteiger partial charge in [0.2, 0.25) is 0 Å². The lowest BCUT2D eigenvalue weighted by Gasteiger charge is -2.40. The first-order valence-corrected chi connectivity index (χ1v) is 10.8. The molecule has 1 atom stereocenters. The van der Waals surface area contributed by atoms with Crippen LogP contribution in [-0.4, -0.2) is 49.6 Å². The number of hydrogen-bond acceptors (Lipinski definition) is 5. The van der Waals surface area contributed by atoms with Gasteiger partial charge >= 0.3 is 0 Å². The van der Waals surface area contributed by atoms with E-state index in [2.05, 4.69) is 4.90 Å². The number of nitrogens with zero attached hydrogens (tertiary/aromatic N) is 1. The molecule has 1 unspecified atom stereocenters. The Balaban J connectivity index is 1.43. The third-order valence-corrected chi connectivity index (χ3v) is 6.87. The quantitative estimate of drug-likeness (QED) is 0.775. The second-order valence-corrected chi connectivity index (χ2v) is 8.68. The van der Waals surface area contributed by atoms with Gasteiger partial charge in [0.15, 0.2) is 17.3 Å². The summed E-state index contributed by atoms with van der Waals surface area (Å²) in [6.45, 7) is 2.19. The number of rotatable bonds is 5. The molecule has 1 aliphatic heterocycles. The number of methoxy groups -OCH3 is 2. The Kier molecular flexibility index (Phi) is 6.05. The largest absolute Gasteiger partial charge is 0.493 e. The predicted octanol–water partition coefficient (Wildman–Crippen LogP) is 4.09. The summed E-state index contributed by atoms with van der Waals surface area (Å²) in [5, 5.41) is 11.7. The molecule has 2 aliphatic rings. The fourth-order valence-corrected chi connectivity index (χ4v) is 5.05. The molecule has 30 heavy (non-hydrogen) atoms. The third kappa shape index (κ3) is 3.94. The third-order valence-electron chi connectivity index (χ3n) is 6.54. The molecule has 0 saturated carbocycles. The topological polar surface area (TPSA) is 59.0 Å². The van der Waals surface area contributed by atoms with E-state index in [4.69, 9.17) is 21.1 Å². The van der Waals surface area contributed by atoms with E-state index < -0.39 is 5.60 Å². The average Bonchev–Trinajstić information content (AvgIpc) is 2.76. The van der Waals surface area contributed by atoms with Crippen LogP contribution in [0.2, 0.25) is 5.02 Å². The number of aryl methyl sites for hydroxylation is 1. The Morgan fingerprint density at radius 1 is 1.13 bits per heavy atom. The van der Waals surface area contributed by atoms with E-state index >= 15 is 0 Å². The van der Waals surface area contributed by atoms with Crippen molar-refractivity contribution in [1.82, 2.24) is 4.90 Å². The number of aliphatic hydroxyl groups is 1. The summed E-state index contributed by atoms with van der Waals surface area (Å²) in [6, 6.07) is 11.3. The molecule has 0 bridgehead atoms. The first-order chi connectivity index (χ1) is 14.4. The molecule has 2 aromatic carbocycles. The zero-order valence-electron chi connectivity index (χ0n) is 17.5. The first kappa shape index (κ1) is 21.2. The van der Waals surface area contributed by atoms with Gasteiger partial charge in [-0.05, 0) is 49.4 Å². The van der Waals surface area contributed by atoms with Crippen molar-refractivity contribution < 1.29 is 19.4 Å². The average molecular weight is 430 g/mol. The lowest BCUT2D eigenvalue weighted by molar-refractivity contribution is -0.0282. The molecule has 0 amide bonds. The van der Waals surface area contributed by atoms with Gasteiger partial charge in [0.05, 0.1) is 19.8 Å². The second-order valence-electron chi connectivity index (χ2n) is 8.28. The van der Waals surface area contributed by atoms with Gasteiger partial charge in [-0.1, -0.05) is 29.8 Å². The van der Waals surface area contributed by atoms with Crippen molar-refractivity contribution in [2.24, 2.45) is 5.92 Å². The van der Waals surface area contributed by atoms with E-state index in [0.29, 0.717) is 35.9 Å². The van der Waals surface area contributed by atoms with Gasteiger partial charge in [-0.2, -0.15) is 0 Å². The fraction of sp³-hybridized carbons (Fsp3) is 0.458. The molecule has 0 radical (unpaired) electrons. The van der Waals surface area contributed by atoms with Crippen LogP contribution in [0.4, 0.5) is 0 Å². The van der Waals surface area contributed by atoms with Crippen molar-refractivity contribution in [2.75, 3.05) is 33.9 Å². The van der Waals surface area contributed by atoms with Gasteiger partial charge in [0.1, 0.15) is 0 Å². The number of carbonyl (C=O) groups is 1. The van der Waals surface area contributed by atoms with Gasteiger partial charge in [-0.15, -0.1) is 0 Å². The Labute approximate surface area is 182 Å². The maximum absolute atomic E-state index is 13.2. The Morgan fingerprint density at radius 2 is 1.80 bits per heavy atom. The predicted molar refractivity (Wildman–Crippen MR) is 117 cm³/mol. The number of ketones is 1. The summed E-state index contributed by atoms with van der Waals surface area (Å²) in [7, 11) is 3.20. The van der Waals surface area contributed by atoms with Crippen LogP contribution in [0.15, 0.2) is 36.4 Å². The van der Waals surface area contributed by atoms with Crippen LogP contribution in [0.3, 0.4) is 0 Å². The van der Waals surface area contributed by atoms with Crippen LogP contribution in [0.5, 0.6) is 11.5 Å². The van der Waals surface area contributed by atoms with Crippen molar-refractivity contribution in [3.63, 3.8) is 0 Å². The van der Waals surface area contributed by atoms with Crippen molar-refractivity contribution in [2.45, 2.75) is 31.3 Å². The maximum atomic E-state index is 13.2. The lowest BCUT2D eigenvalue weighted by atomic mass is 9.80. The molecule has 1 saturated heterocycles. The van der Waals surface area contributed by atoms with Crippen molar-refractivity contribution in [3.05, 3.63) is 58.1 Å². The molecular weight excluding hydrogens is 402 g/mol. The minimum atomic E-state index is -0.901. The van der Waals surface area contributed by atoms with Crippen molar-refractivity contribution >= 4 is 17.4 Å². The highest BCUT2D eigenvalue weighted by Gasteiger charge is 2.37. The van der Waals surface area contributed by atoms with Gasteiger partial charge in [0.25, 0.3) is 0 Å². The minimum absolute atomic E-state index is 0.0397. The van der Waals surface area contributed by atoms with Crippen LogP contribution < -0.4 is 9.47 Å². The summed E-state index contributed by atoms with van der Waals surface area (Å²) < 4.78 is 10.8. The molecule has 5 nitrogen and oxygen atoms in total. The molecule has 1 N–H and O–H groups in total. The number of Topliss-reactive ketones (excluding diaryl/α,β-unsaturated/α-hetero) is 1. The highest BCUT2D eigenvalue weighted by molar-refractivity contribution is 6.31. The molecule has 0 spiro atoms. The normalized spacial score (nSPS) is 21.2. The maximum Gasteiger partial charge on any atom is 0.167 e. The molecule has 2 aromatic rings. The number of likely N-dealkylation sites (tertiary alicyclic amines) is 1. The molecule has 6 heteroatoms. The monoisotopic (exact) mass is 429 g/mol. The SMILES string of the molecule is COc1cc2c(cc1OC)C(=O)C(CN1CCC(O)(c3ccccc3Cl)CC1)CC2. The smallest absolute Gasteiger partial charge is 0.167 e. The van der Waals surface area contributed by atoms with E-state index in [1.807, 2.05) is 36.4 Å². The van der Waals surface area contributed by atoms with Gasteiger partial charge in [0, 0.05) is 41.7 Å². The first-order valence-electron chi connectivity index (χ1n) is 10.4. The van der Waals surface area contributed by atoms with E-state index in [0.717, 1.165) is 42.6 Å². The molecule has 1 fully saturated rings. The van der Waals surface area contributed by atoms with E-state index in [1.165, 1.54) is 0 Å². The summed E-state index contributed by atoms with van der Waals surface area (Å²) in [6.07, 6.45) is 2.90. The number of halogens is 1. The summed E-state index contributed by atoms with van der Waals surface area (Å²) in [5.74, 6) is 1.39. The van der Waals surface area contributed by atoms with Gasteiger partial charge < -0.3 is 19.5 Å². The van der Waals surface area contributed by atoms with E-state index in [-0.39, 0.29) is 11.7 Å². The number of hydrogen-bond donors (Lipinski definition) is 1. The number of ether oxygens (including phenoxy) is 2. The van der Waals surface area contributed by atoms with Crippen molar-refractivity contribution in [3.8, 4) is 11.5 Å². The number of benzene rings is 2. The molecule has 1 heterocycles. The molecule has 0 aromatic heterocycles. The molecule has 4 rings (SSSR count). The Morgan fingerprint density at radius 3 is 2.47 bits per heavy atom. The van der Waals surface area contributed by atoms with E-state index in [1.54, 1.807) is 14.2 Å².